The number of nitrogens with zero attached hydrogens (tertiary/aromatic N) is 1. The molecule has 0 bridgehead atoms. The van der Waals surface area contributed by atoms with Crippen molar-refractivity contribution >= 4 is 0 Å². The summed E-state index contributed by atoms with van der Waals surface area (Å²) in [5.74, 6) is 0.858. The average molecular weight is 266 g/mol. The number of hydrogen-bond acceptors (Lipinski definition) is 4. The highest BCUT2D eigenvalue weighted by Gasteiger charge is 2.18. The average Bonchev–Trinajstić information content (AvgIpc) is 2.46. The Bertz CT molecular complexity index is 354. The Hall–Kier alpha value is -1.10. The second kappa shape index (κ2) is 8.15. The molecule has 0 saturated heterocycles. The highest BCUT2D eigenvalue weighted by atomic mass is 16.5. The second-order valence-electron chi connectivity index (χ2n) is 4.87. The number of ether oxygens (including phenoxy) is 2. The third-order valence-corrected chi connectivity index (χ3v) is 3.57. The molecule has 0 heterocycles. The predicted molar refractivity (Wildman–Crippen MR) is 78.5 cm³/mol. The van der Waals surface area contributed by atoms with E-state index in [2.05, 4.69) is 18.9 Å². The first-order valence-electron chi connectivity index (χ1n) is 6.68. The number of nitrogens with two attached hydrogens (primary N) is 1. The van der Waals surface area contributed by atoms with Gasteiger partial charge in [0.05, 0.1) is 7.11 Å². The number of hydrogen-bond donors (Lipinski definition) is 1. The van der Waals surface area contributed by atoms with Gasteiger partial charge in [-0.25, -0.2) is 0 Å². The van der Waals surface area contributed by atoms with Crippen LogP contribution in [0.4, 0.5) is 0 Å². The van der Waals surface area contributed by atoms with Gasteiger partial charge in [0.2, 0.25) is 0 Å². The van der Waals surface area contributed by atoms with Gasteiger partial charge in [0.15, 0.2) is 0 Å². The molecule has 0 spiro atoms. The minimum Gasteiger partial charge on any atom is -0.497 e. The standard InChI is InChI=1S/C15H26N2O2/c1-12(17(2)10-5-11-18-3)15(16)13-6-8-14(19-4)9-7-13/h6-9,12,15H,5,10-11,16H2,1-4H3. The van der Waals surface area contributed by atoms with E-state index in [-0.39, 0.29) is 12.1 Å². The third kappa shape index (κ3) is 4.82. The lowest BCUT2D eigenvalue weighted by Crippen LogP contribution is -2.39. The molecule has 108 valence electrons. The fourth-order valence-electron chi connectivity index (χ4n) is 2.04. The van der Waals surface area contributed by atoms with E-state index in [4.69, 9.17) is 15.2 Å². The van der Waals surface area contributed by atoms with Crippen LogP contribution in [0, 0.1) is 0 Å². The van der Waals surface area contributed by atoms with Crippen LogP contribution >= 0.6 is 0 Å². The van der Waals surface area contributed by atoms with Crippen LogP contribution in [0.5, 0.6) is 5.75 Å². The summed E-state index contributed by atoms with van der Waals surface area (Å²) in [5.41, 5.74) is 7.45. The molecule has 0 radical (unpaired) electrons. The minimum atomic E-state index is -0.00143. The quantitative estimate of drug-likeness (QED) is 0.732. The van der Waals surface area contributed by atoms with Gasteiger partial charge < -0.3 is 20.1 Å². The molecule has 4 nitrogen and oxygen atoms in total. The summed E-state index contributed by atoms with van der Waals surface area (Å²) in [6.07, 6.45) is 1.02. The summed E-state index contributed by atoms with van der Waals surface area (Å²) in [4.78, 5) is 2.27. The molecule has 2 atom stereocenters. The predicted octanol–water partition coefficient (Wildman–Crippen LogP) is 2.05. The van der Waals surface area contributed by atoms with Crippen molar-refractivity contribution in [3.63, 3.8) is 0 Å². The third-order valence-electron chi connectivity index (χ3n) is 3.57. The zero-order valence-corrected chi connectivity index (χ0v) is 12.4. The van der Waals surface area contributed by atoms with Crippen molar-refractivity contribution < 1.29 is 9.47 Å². The molecule has 1 aromatic carbocycles. The van der Waals surface area contributed by atoms with E-state index >= 15 is 0 Å². The van der Waals surface area contributed by atoms with Gasteiger partial charge in [-0.1, -0.05) is 12.1 Å². The summed E-state index contributed by atoms with van der Waals surface area (Å²) in [6, 6.07) is 8.25. The summed E-state index contributed by atoms with van der Waals surface area (Å²) in [6.45, 7) is 3.93. The number of likely N-dealkylation sites (N-methyl/N-ethyl adjacent to an activating group) is 1. The van der Waals surface area contributed by atoms with E-state index in [9.17, 15) is 0 Å². The maximum Gasteiger partial charge on any atom is 0.118 e. The molecule has 2 N–H and O–H groups in total. The first-order valence-corrected chi connectivity index (χ1v) is 6.68. The summed E-state index contributed by atoms with van der Waals surface area (Å²) in [7, 11) is 5.50. The Kier molecular flexibility index (Phi) is 6.84. The zero-order valence-electron chi connectivity index (χ0n) is 12.4. The Labute approximate surface area is 116 Å². The van der Waals surface area contributed by atoms with Crippen molar-refractivity contribution in [1.29, 1.82) is 0 Å². The van der Waals surface area contributed by atoms with E-state index in [1.807, 2.05) is 24.3 Å². The van der Waals surface area contributed by atoms with Gasteiger partial charge in [0.1, 0.15) is 5.75 Å². The molecule has 1 rings (SSSR count). The van der Waals surface area contributed by atoms with Crippen molar-refractivity contribution in [3.05, 3.63) is 29.8 Å². The van der Waals surface area contributed by atoms with Gasteiger partial charge in [-0.2, -0.15) is 0 Å². The van der Waals surface area contributed by atoms with Gasteiger partial charge in [-0.15, -0.1) is 0 Å². The Morgan fingerprint density at radius 1 is 1.21 bits per heavy atom. The van der Waals surface area contributed by atoms with Crippen LogP contribution in [0.3, 0.4) is 0 Å². The molecule has 4 heteroatoms. The largest absolute Gasteiger partial charge is 0.497 e. The van der Waals surface area contributed by atoms with Crippen LogP contribution in [0.2, 0.25) is 0 Å². The van der Waals surface area contributed by atoms with Crippen LogP contribution in [0.25, 0.3) is 0 Å². The van der Waals surface area contributed by atoms with Crippen molar-refractivity contribution in [1.82, 2.24) is 4.90 Å². The second-order valence-corrected chi connectivity index (χ2v) is 4.87. The molecule has 0 saturated carbocycles. The first kappa shape index (κ1) is 16.0. The SMILES string of the molecule is COCCCN(C)C(C)C(N)c1ccc(OC)cc1. The molecule has 0 aliphatic heterocycles. The lowest BCUT2D eigenvalue weighted by atomic mass is 10.0. The molecular formula is C15H26N2O2. The van der Waals surface area contributed by atoms with Crippen molar-refractivity contribution in [3.8, 4) is 5.75 Å². The molecule has 0 aliphatic carbocycles. The van der Waals surface area contributed by atoms with Crippen LogP contribution < -0.4 is 10.5 Å². The van der Waals surface area contributed by atoms with E-state index < -0.39 is 0 Å². The molecule has 2 unspecified atom stereocenters. The van der Waals surface area contributed by atoms with Crippen LogP contribution in [0.15, 0.2) is 24.3 Å². The summed E-state index contributed by atoms with van der Waals surface area (Å²) in [5, 5.41) is 0. The summed E-state index contributed by atoms with van der Waals surface area (Å²) < 4.78 is 10.2. The summed E-state index contributed by atoms with van der Waals surface area (Å²) >= 11 is 0. The fourth-order valence-corrected chi connectivity index (χ4v) is 2.04. The van der Waals surface area contributed by atoms with E-state index in [1.165, 1.54) is 0 Å². The highest BCUT2D eigenvalue weighted by molar-refractivity contribution is 5.29. The highest BCUT2D eigenvalue weighted by Crippen LogP contribution is 2.20. The van der Waals surface area contributed by atoms with Gasteiger partial charge >= 0.3 is 0 Å². The van der Waals surface area contributed by atoms with Crippen LogP contribution in [-0.2, 0) is 4.74 Å². The number of benzene rings is 1. The van der Waals surface area contributed by atoms with Crippen molar-refractivity contribution in [2.75, 3.05) is 34.4 Å². The molecular weight excluding hydrogens is 240 g/mol. The van der Waals surface area contributed by atoms with E-state index in [0.29, 0.717) is 0 Å². The van der Waals surface area contributed by atoms with Crippen molar-refractivity contribution in [2.24, 2.45) is 5.73 Å². The minimum absolute atomic E-state index is 0.00143. The van der Waals surface area contributed by atoms with E-state index in [1.54, 1.807) is 14.2 Å². The molecule has 0 amide bonds. The Morgan fingerprint density at radius 3 is 2.37 bits per heavy atom. The lowest BCUT2D eigenvalue weighted by molar-refractivity contribution is 0.161. The van der Waals surface area contributed by atoms with Gasteiger partial charge in [0.25, 0.3) is 0 Å². The van der Waals surface area contributed by atoms with Crippen LogP contribution in [0.1, 0.15) is 24.9 Å². The Morgan fingerprint density at radius 2 is 1.84 bits per heavy atom. The lowest BCUT2D eigenvalue weighted by Gasteiger charge is -2.30. The first-order chi connectivity index (χ1) is 9.10. The molecule has 0 aliphatic rings. The van der Waals surface area contributed by atoms with Gasteiger partial charge in [-0.05, 0) is 38.1 Å². The number of methoxy groups -OCH3 is 2. The smallest absolute Gasteiger partial charge is 0.118 e. The van der Waals surface area contributed by atoms with Crippen LogP contribution in [-0.4, -0.2) is 45.4 Å². The fraction of sp³-hybridized carbons (Fsp3) is 0.600. The normalized spacial score (nSPS) is 14.4. The molecule has 1 aromatic rings. The van der Waals surface area contributed by atoms with Gasteiger partial charge in [0, 0.05) is 32.3 Å². The molecule has 19 heavy (non-hydrogen) atoms. The topological polar surface area (TPSA) is 47.7 Å². The molecule has 0 aromatic heterocycles. The Balaban J connectivity index is 2.56. The van der Waals surface area contributed by atoms with Gasteiger partial charge in [-0.3, -0.25) is 0 Å². The monoisotopic (exact) mass is 266 g/mol. The molecule has 0 fully saturated rings. The van der Waals surface area contributed by atoms with Crippen molar-refractivity contribution in [2.45, 2.75) is 25.4 Å². The maximum absolute atomic E-state index is 6.32. The number of rotatable bonds is 8. The van der Waals surface area contributed by atoms with E-state index in [0.717, 1.165) is 30.9 Å². The maximum atomic E-state index is 6.32. The zero-order chi connectivity index (χ0) is 14.3.